The minimum absolute atomic E-state index is 0.00870. The van der Waals surface area contributed by atoms with Gasteiger partial charge in [-0.25, -0.2) is 0 Å². The van der Waals surface area contributed by atoms with Gasteiger partial charge in [0.1, 0.15) is 0 Å². The van der Waals surface area contributed by atoms with E-state index in [1.54, 1.807) is 13.2 Å². The number of hydrogen-bond acceptors (Lipinski definition) is 8. The van der Waals surface area contributed by atoms with E-state index in [2.05, 4.69) is 0 Å². The number of fused-ring (bicyclic) bond motifs is 2. The maximum absolute atomic E-state index is 12.1. The second-order valence-electron chi connectivity index (χ2n) is 7.29. The van der Waals surface area contributed by atoms with Crippen LogP contribution in [-0.2, 0) is 9.53 Å². The van der Waals surface area contributed by atoms with Crippen molar-refractivity contribution in [3.63, 3.8) is 0 Å². The molecule has 1 saturated heterocycles. The van der Waals surface area contributed by atoms with Crippen molar-refractivity contribution >= 4 is 5.97 Å². The molecule has 2 aromatic rings. The number of carbonyl (C=O) groups is 1. The Bertz CT molecular complexity index is 985. The summed E-state index contributed by atoms with van der Waals surface area (Å²) < 4.78 is 32.7. The van der Waals surface area contributed by atoms with E-state index in [0.717, 1.165) is 11.1 Å². The van der Waals surface area contributed by atoms with Gasteiger partial charge in [-0.2, -0.15) is 0 Å². The van der Waals surface area contributed by atoms with Crippen LogP contribution in [0.1, 0.15) is 24.0 Å². The first-order valence-electron chi connectivity index (χ1n) is 9.33. The zero-order valence-corrected chi connectivity index (χ0v) is 16.0. The quantitative estimate of drug-likeness (QED) is 0.784. The summed E-state index contributed by atoms with van der Waals surface area (Å²) in [7, 11) is 1.56. The molecule has 1 fully saturated rings. The van der Waals surface area contributed by atoms with Crippen molar-refractivity contribution in [1.29, 1.82) is 0 Å². The van der Waals surface area contributed by atoms with Crippen molar-refractivity contribution in [2.24, 2.45) is 11.8 Å². The topological polar surface area (TPSA) is 92.7 Å². The average Bonchev–Trinajstić information content (AvgIpc) is 3.44. The van der Waals surface area contributed by atoms with Crippen LogP contribution in [-0.4, -0.2) is 38.4 Å². The Balaban J connectivity index is 1.66. The van der Waals surface area contributed by atoms with Crippen LogP contribution >= 0.6 is 0 Å². The maximum Gasteiger partial charge on any atom is 0.309 e. The molecule has 0 amide bonds. The summed E-state index contributed by atoms with van der Waals surface area (Å²) >= 11 is 0. The number of cyclic esters (lactones) is 1. The third-order valence-electron chi connectivity index (χ3n) is 5.73. The molecule has 3 heterocycles. The molecule has 0 aromatic heterocycles. The first-order chi connectivity index (χ1) is 14.1. The highest BCUT2D eigenvalue weighted by Gasteiger charge is 2.41. The summed E-state index contributed by atoms with van der Waals surface area (Å²) in [4.78, 5) is 12.1. The number of rotatable bonds is 4. The molecule has 0 saturated carbocycles. The highest BCUT2D eigenvalue weighted by Crippen LogP contribution is 2.50. The smallest absolute Gasteiger partial charge is 0.309 e. The fourth-order valence-corrected chi connectivity index (χ4v) is 4.22. The van der Waals surface area contributed by atoms with Gasteiger partial charge in [0, 0.05) is 11.8 Å². The molecular formula is C21H20O8. The molecule has 3 unspecified atom stereocenters. The fourth-order valence-electron chi connectivity index (χ4n) is 4.22. The van der Waals surface area contributed by atoms with E-state index < -0.39 is 0 Å². The van der Waals surface area contributed by atoms with Crippen molar-refractivity contribution in [1.82, 2.24) is 0 Å². The Labute approximate surface area is 166 Å². The van der Waals surface area contributed by atoms with Crippen molar-refractivity contribution in [2.75, 3.05) is 27.3 Å². The lowest BCUT2D eigenvalue weighted by atomic mass is 9.76. The molecule has 8 nitrogen and oxygen atoms in total. The minimum Gasteiger partial charge on any atom is -0.504 e. The molecular weight excluding hydrogens is 380 g/mol. The summed E-state index contributed by atoms with van der Waals surface area (Å²) in [5.41, 5.74) is 1.64. The highest BCUT2D eigenvalue weighted by atomic mass is 16.7. The summed E-state index contributed by atoms with van der Waals surface area (Å²) in [5.74, 6) is 1.48. The fraction of sp³-hybridized carbons (Fsp3) is 0.381. The molecule has 0 bridgehead atoms. The molecule has 8 heteroatoms. The van der Waals surface area contributed by atoms with Crippen LogP contribution in [0.2, 0.25) is 0 Å². The van der Waals surface area contributed by atoms with Gasteiger partial charge in [-0.3, -0.25) is 4.79 Å². The number of carbonyl (C=O) groups excluding carboxylic acids is 1. The van der Waals surface area contributed by atoms with Gasteiger partial charge >= 0.3 is 5.97 Å². The van der Waals surface area contributed by atoms with Crippen LogP contribution in [0, 0.1) is 11.8 Å². The molecule has 0 spiro atoms. The number of ether oxygens (including phenoxy) is 6. The van der Waals surface area contributed by atoms with Gasteiger partial charge in [0.15, 0.2) is 23.0 Å². The third kappa shape index (κ3) is 2.78. The van der Waals surface area contributed by atoms with Gasteiger partial charge in [-0.1, -0.05) is 6.92 Å². The van der Waals surface area contributed by atoms with Gasteiger partial charge in [0.05, 0.1) is 19.6 Å². The molecule has 29 heavy (non-hydrogen) atoms. The van der Waals surface area contributed by atoms with Crippen molar-refractivity contribution in [2.45, 2.75) is 12.8 Å². The number of esters is 1. The van der Waals surface area contributed by atoms with Crippen LogP contribution in [0.4, 0.5) is 0 Å². The van der Waals surface area contributed by atoms with Crippen LogP contribution in [0.25, 0.3) is 0 Å². The molecule has 2 aromatic carbocycles. The Morgan fingerprint density at radius 2 is 1.62 bits per heavy atom. The molecule has 3 aliphatic rings. The molecule has 1 N–H and O–H groups in total. The maximum atomic E-state index is 12.1. The van der Waals surface area contributed by atoms with Crippen LogP contribution in [0.3, 0.4) is 0 Å². The van der Waals surface area contributed by atoms with E-state index in [-0.39, 0.29) is 49.7 Å². The lowest BCUT2D eigenvalue weighted by Crippen LogP contribution is -2.21. The number of methoxy groups -OCH3 is 1. The molecule has 152 valence electrons. The van der Waals surface area contributed by atoms with Crippen molar-refractivity contribution in [3.05, 3.63) is 35.4 Å². The number of phenols is 1. The monoisotopic (exact) mass is 400 g/mol. The molecule has 3 atom stereocenters. The second kappa shape index (κ2) is 6.65. The Morgan fingerprint density at radius 1 is 0.966 bits per heavy atom. The van der Waals surface area contributed by atoms with E-state index in [9.17, 15) is 9.90 Å². The van der Waals surface area contributed by atoms with E-state index >= 15 is 0 Å². The average molecular weight is 400 g/mol. The van der Waals surface area contributed by atoms with E-state index in [1.807, 2.05) is 25.1 Å². The Hall–Kier alpha value is -3.29. The van der Waals surface area contributed by atoms with Gasteiger partial charge in [0.25, 0.3) is 0 Å². The van der Waals surface area contributed by atoms with Gasteiger partial charge in [0.2, 0.25) is 25.1 Å². The lowest BCUT2D eigenvalue weighted by molar-refractivity contribution is -0.140. The first-order valence-corrected chi connectivity index (χ1v) is 9.33. The Kier molecular flexibility index (Phi) is 4.08. The van der Waals surface area contributed by atoms with Gasteiger partial charge < -0.3 is 33.5 Å². The molecule has 3 aliphatic heterocycles. The van der Waals surface area contributed by atoms with Crippen LogP contribution in [0.15, 0.2) is 24.3 Å². The molecule has 0 aliphatic carbocycles. The van der Waals surface area contributed by atoms with E-state index in [0.29, 0.717) is 28.7 Å². The minimum atomic E-state index is -0.316. The van der Waals surface area contributed by atoms with Crippen LogP contribution in [0.5, 0.6) is 34.5 Å². The SMILES string of the molecule is COc1cc(C(c2cc(O)c3c(c2)OCO3)C2COC(=O)C2C)cc2c1OCO2. The number of hydrogen-bond donors (Lipinski definition) is 1. The van der Waals surface area contributed by atoms with Crippen molar-refractivity contribution in [3.8, 4) is 34.5 Å². The summed E-state index contributed by atoms with van der Waals surface area (Å²) in [5, 5.41) is 10.5. The molecule has 0 radical (unpaired) electrons. The van der Waals surface area contributed by atoms with E-state index in [1.165, 1.54) is 0 Å². The largest absolute Gasteiger partial charge is 0.504 e. The first kappa shape index (κ1) is 17.8. The van der Waals surface area contributed by atoms with Gasteiger partial charge in [-0.15, -0.1) is 0 Å². The number of benzene rings is 2. The van der Waals surface area contributed by atoms with E-state index in [4.69, 9.17) is 28.4 Å². The van der Waals surface area contributed by atoms with Crippen molar-refractivity contribution < 1.29 is 38.3 Å². The second-order valence-corrected chi connectivity index (χ2v) is 7.29. The summed E-state index contributed by atoms with van der Waals surface area (Å²) in [6.45, 7) is 2.29. The lowest BCUT2D eigenvalue weighted by Gasteiger charge is -2.26. The zero-order chi connectivity index (χ0) is 20.1. The standard InChI is InChI=1S/C21H20O8/c1-10-13(7-25-21(10)23)18(11-3-14(22)19-16(5-11)26-8-28-19)12-4-15(24-2)20-17(6-12)27-9-29-20/h3-6,10,13,18,22H,7-9H2,1-2H3. The zero-order valence-electron chi connectivity index (χ0n) is 16.0. The Morgan fingerprint density at radius 3 is 2.28 bits per heavy atom. The normalized spacial score (nSPS) is 22.5. The summed E-state index contributed by atoms with van der Waals surface area (Å²) in [6.07, 6.45) is 0. The predicted octanol–water partition coefficient (Wildman–Crippen LogP) is 2.80. The highest BCUT2D eigenvalue weighted by molar-refractivity contribution is 5.75. The summed E-state index contributed by atoms with van der Waals surface area (Å²) in [6, 6.07) is 7.23. The number of aromatic hydroxyl groups is 1. The van der Waals surface area contributed by atoms with Crippen LogP contribution < -0.4 is 23.7 Å². The van der Waals surface area contributed by atoms with Gasteiger partial charge in [-0.05, 0) is 35.4 Å². The molecule has 5 rings (SSSR count). The number of phenolic OH excluding ortho intramolecular Hbond substituents is 1. The third-order valence-corrected chi connectivity index (χ3v) is 5.73. The predicted molar refractivity (Wildman–Crippen MR) is 98.8 cm³/mol.